The van der Waals surface area contributed by atoms with Crippen LogP contribution in [-0.2, 0) is 23.8 Å². The Kier molecular flexibility index (Phi) is 7.45. The number of nitrogens with zero attached hydrogens (tertiary/aromatic N) is 2. The Morgan fingerprint density at radius 2 is 1.67 bits per heavy atom. The summed E-state index contributed by atoms with van der Waals surface area (Å²) in [7, 11) is 0. The number of likely N-dealkylation sites (tertiary alicyclic amines) is 1. The zero-order chi connectivity index (χ0) is 17.5. The van der Waals surface area contributed by atoms with Gasteiger partial charge in [-0.25, -0.2) is 9.59 Å². The molecular weight excluding hydrogens is 312 g/mol. The average Bonchev–Trinajstić information content (AvgIpc) is 2.56. The van der Waals surface area contributed by atoms with Crippen LogP contribution in [0.15, 0.2) is 0 Å². The lowest BCUT2D eigenvalue weighted by Gasteiger charge is -2.42. The first-order chi connectivity index (χ1) is 11.6. The summed E-state index contributed by atoms with van der Waals surface area (Å²) in [4.78, 5) is 28.8. The third-order valence-corrected chi connectivity index (χ3v) is 4.67. The summed E-state index contributed by atoms with van der Waals surface area (Å²) in [5.41, 5.74) is 0. The fourth-order valence-electron chi connectivity index (χ4n) is 3.52. The van der Waals surface area contributed by atoms with Crippen molar-refractivity contribution >= 4 is 11.9 Å². The van der Waals surface area contributed by atoms with E-state index >= 15 is 0 Å². The van der Waals surface area contributed by atoms with Crippen molar-refractivity contribution in [3.05, 3.63) is 0 Å². The molecule has 2 saturated heterocycles. The monoisotopic (exact) mass is 342 g/mol. The molecule has 7 heteroatoms. The summed E-state index contributed by atoms with van der Waals surface area (Å²) >= 11 is 0. The van der Waals surface area contributed by atoms with E-state index in [0.717, 1.165) is 32.5 Å². The maximum atomic E-state index is 12.2. The fourth-order valence-corrected chi connectivity index (χ4v) is 3.52. The van der Waals surface area contributed by atoms with Gasteiger partial charge in [0.1, 0.15) is 0 Å². The largest absolute Gasteiger partial charge is 0.464 e. The molecule has 138 valence electrons. The lowest BCUT2D eigenvalue weighted by Crippen LogP contribution is -2.56. The predicted molar refractivity (Wildman–Crippen MR) is 88.6 cm³/mol. The van der Waals surface area contributed by atoms with Crippen LogP contribution in [0.4, 0.5) is 0 Å². The lowest BCUT2D eigenvalue weighted by atomic mass is 10.0. The summed E-state index contributed by atoms with van der Waals surface area (Å²) < 4.78 is 15.7. The van der Waals surface area contributed by atoms with E-state index in [0.29, 0.717) is 19.1 Å². The van der Waals surface area contributed by atoms with Crippen LogP contribution in [0.1, 0.15) is 33.6 Å². The van der Waals surface area contributed by atoms with Crippen molar-refractivity contribution in [1.29, 1.82) is 0 Å². The van der Waals surface area contributed by atoms with Crippen molar-refractivity contribution in [3.63, 3.8) is 0 Å². The van der Waals surface area contributed by atoms with Crippen LogP contribution in [0, 0.1) is 0 Å². The normalized spacial score (nSPS) is 24.1. The minimum absolute atomic E-state index is 0.261. The van der Waals surface area contributed by atoms with E-state index in [1.54, 1.807) is 13.8 Å². The van der Waals surface area contributed by atoms with Gasteiger partial charge in [-0.2, -0.15) is 0 Å². The van der Waals surface area contributed by atoms with Gasteiger partial charge < -0.3 is 14.2 Å². The third kappa shape index (κ3) is 4.91. The summed E-state index contributed by atoms with van der Waals surface area (Å²) in [5, 5.41) is 0. The highest BCUT2D eigenvalue weighted by molar-refractivity contribution is 5.99. The van der Waals surface area contributed by atoms with E-state index in [1.165, 1.54) is 0 Å². The molecule has 0 unspecified atom stereocenters. The first kappa shape index (κ1) is 19.1. The topological polar surface area (TPSA) is 68.3 Å². The van der Waals surface area contributed by atoms with E-state index in [1.807, 2.05) is 4.90 Å². The van der Waals surface area contributed by atoms with E-state index in [-0.39, 0.29) is 19.3 Å². The molecule has 2 heterocycles. The predicted octanol–water partition coefficient (Wildman–Crippen LogP) is 0.666. The maximum Gasteiger partial charge on any atom is 0.335 e. The first-order valence-corrected chi connectivity index (χ1v) is 8.99. The van der Waals surface area contributed by atoms with Gasteiger partial charge >= 0.3 is 11.9 Å². The van der Waals surface area contributed by atoms with Gasteiger partial charge in [0, 0.05) is 32.2 Å². The van der Waals surface area contributed by atoms with Crippen LogP contribution in [-0.4, -0.2) is 85.9 Å². The molecule has 0 aromatic carbocycles. The zero-order valence-electron chi connectivity index (χ0n) is 15.0. The zero-order valence-corrected chi connectivity index (χ0v) is 15.0. The number of carbonyl (C=O) groups excluding carboxylic acids is 2. The number of carbonyl (C=O) groups is 2. The van der Waals surface area contributed by atoms with Crippen molar-refractivity contribution in [1.82, 2.24) is 9.80 Å². The highest BCUT2D eigenvalue weighted by Gasteiger charge is 2.38. The molecule has 0 saturated carbocycles. The quantitative estimate of drug-likeness (QED) is 0.519. The number of hydrogen-bond donors (Lipinski definition) is 0. The molecule has 0 bridgehead atoms. The van der Waals surface area contributed by atoms with E-state index in [4.69, 9.17) is 14.2 Å². The van der Waals surface area contributed by atoms with Gasteiger partial charge in [-0.1, -0.05) is 0 Å². The Balaban J connectivity index is 1.93. The van der Waals surface area contributed by atoms with Crippen molar-refractivity contribution in [2.75, 3.05) is 46.0 Å². The van der Waals surface area contributed by atoms with Gasteiger partial charge in [-0.15, -0.1) is 0 Å². The number of esters is 2. The summed E-state index contributed by atoms with van der Waals surface area (Å²) in [6, 6.07) is -0.452. The Labute approximate surface area is 144 Å². The average molecular weight is 342 g/mol. The SMILES string of the molecule is CCOC(=O)C(C(=O)OCC)N1CCC(N2CCO[C@@H](C)C2)CC1. The minimum Gasteiger partial charge on any atom is -0.464 e. The summed E-state index contributed by atoms with van der Waals surface area (Å²) in [6.45, 7) is 10.2. The first-order valence-electron chi connectivity index (χ1n) is 8.99. The second-order valence-corrected chi connectivity index (χ2v) is 6.35. The molecule has 0 spiro atoms. The molecule has 24 heavy (non-hydrogen) atoms. The molecule has 0 amide bonds. The highest BCUT2D eigenvalue weighted by Crippen LogP contribution is 2.21. The van der Waals surface area contributed by atoms with Gasteiger partial charge in [0.25, 0.3) is 0 Å². The number of morpholine rings is 1. The second kappa shape index (κ2) is 9.34. The fraction of sp³-hybridized carbons (Fsp3) is 0.882. The molecule has 0 aromatic rings. The Morgan fingerprint density at radius 1 is 1.08 bits per heavy atom. The van der Waals surface area contributed by atoms with E-state index in [2.05, 4.69) is 11.8 Å². The van der Waals surface area contributed by atoms with Gasteiger partial charge in [0.15, 0.2) is 0 Å². The van der Waals surface area contributed by atoms with Crippen LogP contribution in [0.25, 0.3) is 0 Å². The van der Waals surface area contributed by atoms with Crippen LogP contribution in [0.2, 0.25) is 0 Å². The molecule has 0 radical (unpaired) electrons. The molecular formula is C17H30N2O5. The maximum absolute atomic E-state index is 12.2. The van der Waals surface area contributed by atoms with E-state index in [9.17, 15) is 9.59 Å². The molecule has 2 fully saturated rings. The molecule has 0 N–H and O–H groups in total. The molecule has 2 rings (SSSR count). The number of ether oxygens (including phenoxy) is 3. The summed E-state index contributed by atoms with van der Waals surface area (Å²) in [5.74, 6) is -1.01. The van der Waals surface area contributed by atoms with Crippen LogP contribution in [0.5, 0.6) is 0 Å². The lowest BCUT2D eigenvalue weighted by molar-refractivity contribution is -0.164. The third-order valence-electron chi connectivity index (χ3n) is 4.67. The number of hydrogen-bond acceptors (Lipinski definition) is 7. The van der Waals surface area contributed by atoms with E-state index < -0.39 is 18.0 Å². The smallest absolute Gasteiger partial charge is 0.335 e. The number of piperidine rings is 1. The molecule has 0 aromatic heterocycles. The van der Waals surface area contributed by atoms with Crippen molar-refractivity contribution in [3.8, 4) is 0 Å². The molecule has 0 aliphatic carbocycles. The van der Waals surface area contributed by atoms with Crippen LogP contribution in [0.3, 0.4) is 0 Å². The molecule has 7 nitrogen and oxygen atoms in total. The van der Waals surface area contributed by atoms with Gasteiger partial charge in [0.05, 0.1) is 25.9 Å². The summed E-state index contributed by atoms with van der Waals surface area (Å²) in [6.07, 6.45) is 2.13. The van der Waals surface area contributed by atoms with Crippen LogP contribution >= 0.6 is 0 Å². The van der Waals surface area contributed by atoms with Gasteiger partial charge in [-0.3, -0.25) is 9.80 Å². The molecule has 2 aliphatic heterocycles. The second-order valence-electron chi connectivity index (χ2n) is 6.35. The van der Waals surface area contributed by atoms with Gasteiger partial charge in [0.2, 0.25) is 6.04 Å². The Bertz CT molecular complexity index is 405. The standard InChI is InChI=1S/C17H30N2O5/c1-4-22-16(20)15(17(21)23-5-2)18-8-6-14(7-9-18)19-10-11-24-13(3)12-19/h13-15H,4-12H2,1-3H3/t13-/m0/s1. The van der Waals surface area contributed by atoms with Crippen molar-refractivity contribution in [2.45, 2.75) is 51.8 Å². The minimum atomic E-state index is -0.936. The molecule has 2 aliphatic rings. The highest BCUT2D eigenvalue weighted by atomic mass is 16.6. The molecule has 1 atom stereocenters. The van der Waals surface area contributed by atoms with Crippen molar-refractivity contribution < 1.29 is 23.8 Å². The van der Waals surface area contributed by atoms with Crippen LogP contribution < -0.4 is 0 Å². The Hall–Kier alpha value is -1.18. The van der Waals surface area contributed by atoms with Crippen molar-refractivity contribution in [2.24, 2.45) is 0 Å². The Morgan fingerprint density at radius 3 is 2.17 bits per heavy atom. The number of rotatable bonds is 6. The van der Waals surface area contributed by atoms with Gasteiger partial charge in [-0.05, 0) is 33.6 Å².